The zero-order valence-corrected chi connectivity index (χ0v) is 12.4. The molecule has 0 bridgehead atoms. The minimum absolute atomic E-state index is 0.00329. The van der Waals surface area contributed by atoms with E-state index >= 15 is 0 Å². The molecule has 8 heteroatoms. The van der Waals surface area contributed by atoms with Gasteiger partial charge in [-0.15, -0.1) is 0 Å². The van der Waals surface area contributed by atoms with Crippen LogP contribution in [-0.4, -0.2) is 46.2 Å². The summed E-state index contributed by atoms with van der Waals surface area (Å²) in [6.45, 7) is 0.566. The third-order valence-electron chi connectivity index (χ3n) is 4.00. The number of halogens is 2. The molecular formula is C13H16ClFN4O2. The van der Waals surface area contributed by atoms with Crippen LogP contribution in [0.4, 0.5) is 15.0 Å². The van der Waals surface area contributed by atoms with Crippen LogP contribution in [0.3, 0.4) is 0 Å². The van der Waals surface area contributed by atoms with Gasteiger partial charge in [0.2, 0.25) is 5.28 Å². The molecule has 1 spiro atoms. The van der Waals surface area contributed by atoms with Gasteiger partial charge in [-0.1, -0.05) is 0 Å². The van der Waals surface area contributed by atoms with Crippen molar-refractivity contribution in [1.29, 1.82) is 0 Å². The van der Waals surface area contributed by atoms with Crippen LogP contribution >= 0.6 is 11.6 Å². The molecule has 1 N–H and O–H groups in total. The Morgan fingerprint density at radius 2 is 2.43 bits per heavy atom. The molecule has 2 aliphatic rings. The molecule has 114 valence electrons. The third kappa shape index (κ3) is 2.88. The van der Waals surface area contributed by atoms with Crippen LogP contribution in [0.25, 0.3) is 0 Å². The van der Waals surface area contributed by atoms with Gasteiger partial charge in [-0.2, -0.15) is 4.98 Å². The van der Waals surface area contributed by atoms with Gasteiger partial charge in [0.15, 0.2) is 11.6 Å². The highest BCUT2D eigenvalue weighted by Crippen LogP contribution is 2.37. The lowest BCUT2D eigenvalue weighted by atomic mass is 9.81. The van der Waals surface area contributed by atoms with Crippen molar-refractivity contribution in [2.24, 2.45) is 0 Å². The SMILES string of the molecule is CN1CC2(CCCC(Nc3nc(Cl)ncc3F)C2)OC1=O. The topological polar surface area (TPSA) is 67.3 Å². The summed E-state index contributed by atoms with van der Waals surface area (Å²) in [6, 6.07) is -0.0153. The number of carbonyl (C=O) groups excluding carboxylic acids is 1. The van der Waals surface area contributed by atoms with Gasteiger partial charge in [0.1, 0.15) is 5.60 Å². The number of carbonyl (C=O) groups is 1. The van der Waals surface area contributed by atoms with E-state index in [1.807, 2.05) is 0 Å². The van der Waals surface area contributed by atoms with Crippen molar-refractivity contribution >= 4 is 23.5 Å². The molecule has 1 aromatic heterocycles. The number of rotatable bonds is 2. The van der Waals surface area contributed by atoms with E-state index in [1.54, 1.807) is 11.9 Å². The van der Waals surface area contributed by atoms with Crippen molar-refractivity contribution in [2.45, 2.75) is 37.3 Å². The number of anilines is 1. The highest BCUT2D eigenvalue weighted by Gasteiger charge is 2.46. The number of hydrogen-bond donors (Lipinski definition) is 1. The number of amides is 1. The first-order valence-electron chi connectivity index (χ1n) is 6.86. The van der Waals surface area contributed by atoms with Gasteiger partial charge >= 0.3 is 6.09 Å². The monoisotopic (exact) mass is 314 g/mol. The Bertz CT molecular complexity index is 573. The van der Waals surface area contributed by atoms with Crippen molar-refractivity contribution in [3.8, 4) is 0 Å². The second kappa shape index (κ2) is 5.29. The van der Waals surface area contributed by atoms with Gasteiger partial charge < -0.3 is 15.0 Å². The second-order valence-electron chi connectivity index (χ2n) is 5.68. The Morgan fingerprint density at radius 1 is 1.62 bits per heavy atom. The van der Waals surface area contributed by atoms with Crippen LogP contribution in [0.15, 0.2) is 6.20 Å². The maximum absolute atomic E-state index is 13.7. The molecule has 1 saturated heterocycles. The van der Waals surface area contributed by atoms with Crippen LogP contribution in [-0.2, 0) is 4.74 Å². The van der Waals surface area contributed by atoms with Crippen molar-refractivity contribution < 1.29 is 13.9 Å². The van der Waals surface area contributed by atoms with E-state index in [4.69, 9.17) is 16.3 Å². The van der Waals surface area contributed by atoms with Crippen molar-refractivity contribution in [3.05, 3.63) is 17.3 Å². The van der Waals surface area contributed by atoms with Crippen LogP contribution in [0, 0.1) is 5.82 Å². The number of nitrogens with zero attached hydrogens (tertiary/aromatic N) is 3. The standard InChI is InChI=1S/C13H16ClFN4O2/c1-19-7-13(21-12(19)20)4-2-3-8(5-13)17-10-9(15)6-16-11(14)18-10/h6,8H,2-5,7H2,1H3,(H,16,17,18). The molecule has 1 aliphatic carbocycles. The number of ether oxygens (including phenoxy) is 1. The summed E-state index contributed by atoms with van der Waals surface area (Å²) in [6.07, 6.45) is 3.97. The largest absolute Gasteiger partial charge is 0.441 e. The third-order valence-corrected chi connectivity index (χ3v) is 4.18. The molecule has 2 unspecified atom stereocenters. The van der Waals surface area contributed by atoms with Gasteiger partial charge in [0.05, 0.1) is 12.7 Å². The Labute approximate surface area is 126 Å². The van der Waals surface area contributed by atoms with Crippen LogP contribution in [0.5, 0.6) is 0 Å². The van der Waals surface area contributed by atoms with E-state index in [2.05, 4.69) is 15.3 Å². The lowest BCUT2D eigenvalue weighted by Gasteiger charge is -2.36. The molecule has 1 aliphatic heterocycles. The molecule has 1 saturated carbocycles. The van der Waals surface area contributed by atoms with E-state index < -0.39 is 11.4 Å². The van der Waals surface area contributed by atoms with Gasteiger partial charge in [-0.05, 0) is 30.9 Å². The quantitative estimate of drug-likeness (QED) is 0.849. The maximum atomic E-state index is 13.7. The molecule has 2 fully saturated rings. The highest BCUT2D eigenvalue weighted by atomic mass is 35.5. The predicted octanol–water partition coefficient (Wildman–Crippen LogP) is 2.44. The fourth-order valence-electron chi connectivity index (χ4n) is 3.12. The molecular weight excluding hydrogens is 299 g/mol. The van der Waals surface area contributed by atoms with E-state index in [9.17, 15) is 9.18 Å². The predicted molar refractivity (Wildman–Crippen MR) is 74.7 cm³/mol. The number of aromatic nitrogens is 2. The van der Waals surface area contributed by atoms with Crippen LogP contribution < -0.4 is 5.32 Å². The molecule has 6 nitrogen and oxygen atoms in total. The summed E-state index contributed by atoms with van der Waals surface area (Å²) in [7, 11) is 1.72. The van der Waals surface area contributed by atoms with Gasteiger partial charge in [0.25, 0.3) is 0 Å². The van der Waals surface area contributed by atoms with E-state index in [-0.39, 0.29) is 23.2 Å². The Morgan fingerprint density at radius 3 is 3.14 bits per heavy atom. The highest BCUT2D eigenvalue weighted by molar-refractivity contribution is 6.28. The molecule has 1 aromatic rings. The number of likely N-dealkylation sites (N-methyl/N-ethyl adjacent to an activating group) is 1. The first kappa shape index (κ1) is 14.3. The van der Waals surface area contributed by atoms with Gasteiger partial charge in [0, 0.05) is 19.5 Å². The second-order valence-corrected chi connectivity index (χ2v) is 6.02. The average molecular weight is 315 g/mol. The van der Waals surface area contributed by atoms with Crippen LogP contribution in [0.2, 0.25) is 5.28 Å². The fraction of sp³-hybridized carbons (Fsp3) is 0.615. The Hall–Kier alpha value is -1.63. The molecule has 1 amide bonds. The molecule has 3 rings (SSSR count). The zero-order chi connectivity index (χ0) is 15.0. The average Bonchev–Trinajstić information content (AvgIpc) is 2.68. The first-order chi connectivity index (χ1) is 9.97. The minimum Gasteiger partial charge on any atom is -0.441 e. The Kier molecular flexibility index (Phi) is 3.61. The molecule has 0 radical (unpaired) electrons. The van der Waals surface area contributed by atoms with Crippen LogP contribution in [0.1, 0.15) is 25.7 Å². The number of nitrogens with one attached hydrogen (secondary N) is 1. The summed E-state index contributed by atoms with van der Waals surface area (Å²) in [5.74, 6) is -0.450. The molecule has 0 aromatic carbocycles. The molecule has 2 heterocycles. The van der Waals surface area contributed by atoms with E-state index in [0.717, 1.165) is 25.5 Å². The van der Waals surface area contributed by atoms with Gasteiger partial charge in [-0.25, -0.2) is 14.2 Å². The van der Waals surface area contributed by atoms with E-state index in [1.165, 1.54) is 0 Å². The fourth-order valence-corrected chi connectivity index (χ4v) is 3.25. The summed E-state index contributed by atoms with van der Waals surface area (Å²) in [5.41, 5.74) is -0.477. The van der Waals surface area contributed by atoms with Gasteiger partial charge in [-0.3, -0.25) is 0 Å². The first-order valence-corrected chi connectivity index (χ1v) is 7.24. The summed E-state index contributed by atoms with van der Waals surface area (Å²) in [5, 5.41) is 3.05. The Balaban J connectivity index is 1.72. The van der Waals surface area contributed by atoms with E-state index in [0.29, 0.717) is 13.0 Å². The van der Waals surface area contributed by atoms with Crippen molar-refractivity contribution in [1.82, 2.24) is 14.9 Å². The smallest absolute Gasteiger partial charge is 0.410 e. The minimum atomic E-state index is -0.542. The lowest BCUT2D eigenvalue weighted by molar-refractivity contribution is 0.0222. The summed E-state index contributed by atoms with van der Waals surface area (Å²) < 4.78 is 19.2. The molecule has 21 heavy (non-hydrogen) atoms. The number of hydrogen-bond acceptors (Lipinski definition) is 5. The van der Waals surface area contributed by atoms with Crippen molar-refractivity contribution in [2.75, 3.05) is 18.9 Å². The molecule has 2 atom stereocenters. The summed E-state index contributed by atoms with van der Waals surface area (Å²) in [4.78, 5) is 20.6. The van der Waals surface area contributed by atoms with Crippen molar-refractivity contribution in [3.63, 3.8) is 0 Å². The zero-order valence-electron chi connectivity index (χ0n) is 11.6. The lowest BCUT2D eigenvalue weighted by Crippen LogP contribution is -2.43. The normalized spacial score (nSPS) is 28.8. The summed E-state index contributed by atoms with van der Waals surface area (Å²) >= 11 is 5.69. The maximum Gasteiger partial charge on any atom is 0.410 e.